The highest BCUT2D eigenvalue weighted by Gasteiger charge is 2.24. The molecule has 0 atom stereocenters. The molecule has 0 aliphatic carbocycles. The van der Waals surface area contributed by atoms with Crippen LogP contribution in [0.25, 0.3) is 0 Å². The van der Waals surface area contributed by atoms with E-state index in [1.54, 1.807) is 29.3 Å². The van der Waals surface area contributed by atoms with Gasteiger partial charge in [0, 0.05) is 36.7 Å². The molecule has 0 unspecified atom stereocenters. The van der Waals surface area contributed by atoms with Gasteiger partial charge in [0.05, 0.1) is 12.2 Å². The molecule has 2 heterocycles. The van der Waals surface area contributed by atoms with Crippen molar-refractivity contribution in [3.8, 4) is 0 Å². The molecule has 32 heavy (non-hydrogen) atoms. The lowest BCUT2D eigenvalue weighted by atomic mass is 10.0. The predicted octanol–water partition coefficient (Wildman–Crippen LogP) is 4.20. The Morgan fingerprint density at radius 3 is 2.34 bits per heavy atom. The van der Waals surface area contributed by atoms with Gasteiger partial charge in [-0.1, -0.05) is 48.6 Å². The second-order valence-corrected chi connectivity index (χ2v) is 7.65. The molecule has 0 saturated heterocycles. The van der Waals surface area contributed by atoms with Crippen LogP contribution in [0.3, 0.4) is 0 Å². The van der Waals surface area contributed by atoms with E-state index < -0.39 is 0 Å². The van der Waals surface area contributed by atoms with Crippen molar-refractivity contribution in [1.82, 2.24) is 14.5 Å². The first kappa shape index (κ1) is 22.9. The summed E-state index contributed by atoms with van der Waals surface area (Å²) in [6.45, 7) is 10.6. The summed E-state index contributed by atoms with van der Waals surface area (Å²) >= 11 is 0. The second kappa shape index (κ2) is 11.0. The first-order valence-electron chi connectivity index (χ1n) is 10.7. The van der Waals surface area contributed by atoms with E-state index >= 15 is 0 Å². The lowest BCUT2D eigenvalue weighted by Crippen LogP contribution is -2.37. The molecule has 2 aromatic heterocycles. The third-order valence-corrected chi connectivity index (χ3v) is 5.37. The Balaban J connectivity index is 2.11. The number of aryl methyl sites for hydroxylation is 2. The van der Waals surface area contributed by atoms with Gasteiger partial charge in [0.15, 0.2) is 5.43 Å². The van der Waals surface area contributed by atoms with Crippen molar-refractivity contribution in [2.24, 2.45) is 0 Å². The van der Waals surface area contributed by atoms with Crippen molar-refractivity contribution in [3.05, 3.63) is 125 Å². The molecule has 0 fully saturated rings. The van der Waals surface area contributed by atoms with Gasteiger partial charge in [0.25, 0.3) is 5.91 Å². The molecule has 0 aliphatic rings. The molecule has 5 nitrogen and oxygen atoms in total. The van der Waals surface area contributed by atoms with Crippen LogP contribution in [0.4, 0.5) is 0 Å². The standard InChI is InChI=1S/C27H29N3O2/c1-4-17-29(18-5-2)27(32)26-24(15-14-22-11-7-6-8-12-22)30(21(3)19-25(26)31)20-23-13-9-10-16-28-23/h4-13,16,19H,1-2,14-15,17-18,20H2,3H3. The zero-order valence-electron chi connectivity index (χ0n) is 18.5. The highest BCUT2D eigenvalue weighted by Crippen LogP contribution is 2.17. The van der Waals surface area contributed by atoms with Gasteiger partial charge >= 0.3 is 0 Å². The zero-order chi connectivity index (χ0) is 22.9. The maximum absolute atomic E-state index is 13.5. The number of aromatic nitrogens is 2. The largest absolute Gasteiger partial charge is 0.342 e. The normalized spacial score (nSPS) is 10.5. The summed E-state index contributed by atoms with van der Waals surface area (Å²) in [5.74, 6) is -0.298. The van der Waals surface area contributed by atoms with Crippen molar-refractivity contribution < 1.29 is 4.79 Å². The summed E-state index contributed by atoms with van der Waals surface area (Å²) in [6.07, 6.45) is 6.34. The Morgan fingerprint density at radius 2 is 1.72 bits per heavy atom. The molecule has 1 aromatic carbocycles. The van der Waals surface area contributed by atoms with Crippen LogP contribution in [0.1, 0.15) is 33.0 Å². The lowest BCUT2D eigenvalue weighted by Gasteiger charge is -2.24. The minimum absolute atomic E-state index is 0.214. The first-order chi connectivity index (χ1) is 15.5. The number of hydrogen-bond donors (Lipinski definition) is 0. The molecule has 0 radical (unpaired) electrons. The van der Waals surface area contributed by atoms with Crippen molar-refractivity contribution in [2.45, 2.75) is 26.3 Å². The first-order valence-corrected chi connectivity index (χ1v) is 10.7. The van der Waals surface area contributed by atoms with Gasteiger partial charge in [-0.25, -0.2) is 0 Å². The average Bonchev–Trinajstić information content (AvgIpc) is 2.80. The summed E-state index contributed by atoms with van der Waals surface area (Å²) < 4.78 is 2.04. The van der Waals surface area contributed by atoms with Gasteiger partial charge in [-0.3, -0.25) is 14.6 Å². The monoisotopic (exact) mass is 427 g/mol. The maximum atomic E-state index is 13.5. The van der Waals surface area contributed by atoms with E-state index in [2.05, 4.69) is 30.3 Å². The molecular weight excluding hydrogens is 398 g/mol. The topological polar surface area (TPSA) is 55.2 Å². The van der Waals surface area contributed by atoms with E-state index in [4.69, 9.17) is 0 Å². The fourth-order valence-electron chi connectivity index (χ4n) is 3.81. The molecule has 164 valence electrons. The number of carbonyl (C=O) groups excluding carboxylic acids is 1. The molecule has 0 spiro atoms. The Kier molecular flexibility index (Phi) is 7.92. The molecule has 0 N–H and O–H groups in total. The molecule has 5 heteroatoms. The van der Waals surface area contributed by atoms with Crippen LogP contribution in [-0.4, -0.2) is 33.4 Å². The lowest BCUT2D eigenvalue weighted by molar-refractivity contribution is 0.0787. The van der Waals surface area contributed by atoms with Crippen LogP contribution in [0.15, 0.2) is 90.9 Å². The minimum Gasteiger partial charge on any atom is -0.342 e. The van der Waals surface area contributed by atoms with Crippen LogP contribution in [0.2, 0.25) is 0 Å². The second-order valence-electron chi connectivity index (χ2n) is 7.65. The molecule has 0 saturated carbocycles. The van der Waals surface area contributed by atoms with Crippen LogP contribution in [0.5, 0.6) is 0 Å². The summed E-state index contributed by atoms with van der Waals surface area (Å²) in [5, 5.41) is 0. The van der Waals surface area contributed by atoms with Gasteiger partial charge < -0.3 is 9.47 Å². The average molecular weight is 428 g/mol. The fourth-order valence-corrected chi connectivity index (χ4v) is 3.81. The van der Waals surface area contributed by atoms with Crippen molar-refractivity contribution in [2.75, 3.05) is 13.1 Å². The van der Waals surface area contributed by atoms with Crippen LogP contribution >= 0.6 is 0 Å². The predicted molar refractivity (Wildman–Crippen MR) is 129 cm³/mol. The summed E-state index contributed by atoms with van der Waals surface area (Å²) in [4.78, 5) is 32.6. The Morgan fingerprint density at radius 1 is 1.03 bits per heavy atom. The van der Waals surface area contributed by atoms with E-state index in [1.165, 1.54) is 0 Å². The summed E-state index contributed by atoms with van der Waals surface area (Å²) in [5.41, 5.74) is 3.51. The van der Waals surface area contributed by atoms with Gasteiger partial charge in [-0.05, 0) is 37.5 Å². The maximum Gasteiger partial charge on any atom is 0.260 e. The Labute approximate surface area is 189 Å². The van der Waals surface area contributed by atoms with Gasteiger partial charge in [-0.15, -0.1) is 13.2 Å². The number of carbonyl (C=O) groups is 1. The Hall–Kier alpha value is -3.73. The van der Waals surface area contributed by atoms with E-state index in [0.717, 1.165) is 29.1 Å². The van der Waals surface area contributed by atoms with E-state index in [1.807, 2.05) is 47.9 Å². The highest BCUT2D eigenvalue weighted by molar-refractivity contribution is 5.95. The van der Waals surface area contributed by atoms with Crippen molar-refractivity contribution >= 4 is 5.91 Å². The van der Waals surface area contributed by atoms with E-state index in [9.17, 15) is 9.59 Å². The van der Waals surface area contributed by atoms with Crippen molar-refractivity contribution in [3.63, 3.8) is 0 Å². The number of nitrogens with zero attached hydrogens (tertiary/aromatic N) is 3. The molecule has 3 aromatic rings. The van der Waals surface area contributed by atoms with Gasteiger partial charge in [-0.2, -0.15) is 0 Å². The molecule has 0 aliphatic heterocycles. The van der Waals surface area contributed by atoms with Crippen LogP contribution < -0.4 is 5.43 Å². The highest BCUT2D eigenvalue weighted by atomic mass is 16.2. The third-order valence-electron chi connectivity index (χ3n) is 5.37. The number of pyridine rings is 2. The van der Waals surface area contributed by atoms with Crippen molar-refractivity contribution in [1.29, 1.82) is 0 Å². The Bertz CT molecular complexity index is 1120. The van der Waals surface area contributed by atoms with E-state index in [0.29, 0.717) is 26.1 Å². The number of amides is 1. The number of rotatable bonds is 10. The van der Waals surface area contributed by atoms with E-state index in [-0.39, 0.29) is 16.9 Å². The smallest absolute Gasteiger partial charge is 0.260 e. The van der Waals surface area contributed by atoms with Crippen LogP contribution in [0, 0.1) is 6.92 Å². The number of hydrogen-bond acceptors (Lipinski definition) is 3. The summed E-state index contributed by atoms with van der Waals surface area (Å²) in [7, 11) is 0. The minimum atomic E-state index is -0.298. The molecule has 1 amide bonds. The quantitative estimate of drug-likeness (QED) is 0.456. The fraction of sp³-hybridized carbons (Fsp3) is 0.222. The molecular formula is C27H29N3O2. The van der Waals surface area contributed by atoms with Gasteiger partial charge in [0.2, 0.25) is 0 Å². The zero-order valence-corrected chi connectivity index (χ0v) is 18.5. The SMILES string of the molecule is C=CCN(CC=C)C(=O)c1c(CCc2ccccc2)n(Cc2ccccn2)c(C)cc1=O. The van der Waals surface area contributed by atoms with Gasteiger partial charge in [0.1, 0.15) is 5.56 Å². The molecule has 0 bridgehead atoms. The van der Waals surface area contributed by atoms with Crippen LogP contribution in [-0.2, 0) is 19.4 Å². The number of benzene rings is 1. The third kappa shape index (κ3) is 5.49. The molecule has 3 rings (SSSR count). The summed E-state index contributed by atoms with van der Waals surface area (Å²) in [6, 6.07) is 17.4.